The molecule has 0 radical (unpaired) electrons. The van der Waals surface area contributed by atoms with Gasteiger partial charge >= 0.3 is 0 Å². The first-order chi connectivity index (χ1) is 5.91. The maximum Gasteiger partial charge on any atom is 0.259 e. The maximum atomic E-state index is 11.3. The van der Waals surface area contributed by atoms with Crippen LogP contribution in [0, 0.1) is 0 Å². The van der Waals surface area contributed by atoms with Crippen LogP contribution >= 0.6 is 0 Å². The highest BCUT2D eigenvalue weighted by Gasteiger charge is 2.18. The van der Waals surface area contributed by atoms with Crippen molar-refractivity contribution >= 4 is 15.9 Å². The first-order valence-electron chi connectivity index (χ1n) is 4.08. The Bertz CT molecular complexity index is 336. The minimum atomic E-state index is -3.39. The lowest BCUT2D eigenvalue weighted by atomic mass is 9.92. The molecule has 0 aromatic rings. The molecule has 0 atom stereocenters. The molecule has 0 saturated heterocycles. The summed E-state index contributed by atoms with van der Waals surface area (Å²) in [6, 6.07) is 0. The fourth-order valence-corrected chi connectivity index (χ4v) is 1.33. The van der Waals surface area contributed by atoms with Crippen molar-refractivity contribution < 1.29 is 13.2 Å². The number of carbonyl (C=O) groups is 1. The zero-order valence-corrected chi connectivity index (χ0v) is 8.60. The number of amides is 1. The van der Waals surface area contributed by atoms with Gasteiger partial charge in [-0.15, -0.1) is 0 Å². The Labute approximate surface area is 78.3 Å². The van der Waals surface area contributed by atoms with Gasteiger partial charge in [-0.25, -0.2) is 12.7 Å². The van der Waals surface area contributed by atoms with Gasteiger partial charge in [0.05, 0.1) is 6.26 Å². The van der Waals surface area contributed by atoms with Crippen molar-refractivity contribution in [2.75, 3.05) is 13.3 Å². The summed E-state index contributed by atoms with van der Waals surface area (Å²) >= 11 is 0. The first-order valence-corrected chi connectivity index (χ1v) is 5.93. The molecule has 1 rings (SSSR count). The molecule has 0 bridgehead atoms. The average molecular weight is 203 g/mol. The Balaban J connectivity index is 2.68. The van der Waals surface area contributed by atoms with Gasteiger partial charge in [0.2, 0.25) is 10.0 Å². The lowest BCUT2D eigenvalue weighted by Crippen LogP contribution is -2.31. The van der Waals surface area contributed by atoms with E-state index >= 15 is 0 Å². The largest absolute Gasteiger partial charge is 0.269 e. The second-order valence-electron chi connectivity index (χ2n) is 3.22. The topological polar surface area (TPSA) is 54.5 Å². The van der Waals surface area contributed by atoms with E-state index in [-0.39, 0.29) is 0 Å². The lowest BCUT2D eigenvalue weighted by Gasteiger charge is -2.18. The standard InChI is InChI=1S/C8H13NO3S/c1-9(13(2,11)12)8(10)6-7-4-3-5-7/h6H,3-5H2,1-2H3. The average Bonchev–Trinajstić information content (AvgIpc) is 1.93. The van der Waals surface area contributed by atoms with Crippen molar-refractivity contribution in [1.29, 1.82) is 0 Å². The van der Waals surface area contributed by atoms with Gasteiger partial charge < -0.3 is 0 Å². The summed E-state index contributed by atoms with van der Waals surface area (Å²) in [5, 5.41) is 0. The quantitative estimate of drug-likeness (QED) is 0.615. The third-order valence-electron chi connectivity index (χ3n) is 2.13. The molecule has 13 heavy (non-hydrogen) atoms. The van der Waals surface area contributed by atoms with Crippen LogP contribution in [0.3, 0.4) is 0 Å². The molecule has 0 spiro atoms. The van der Waals surface area contributed by atoms with E-state index in [4.69, 9.17) is 0 Å². The van der Waals surface area contributed by atoms with E-state index in [0.717, 1.165) is 35.4 Å². The number of rotatable bonds is 2. The van der Waals surface area contributed by atoms with E-state index in [0.29, 0.717) is 0 Å². The van der Waals surface area contributed by atoms with Gasteiger partial charge in [0.15, 0.2) is 0 Å². The summed E-state index contributed by atoms with van der Waals surface area (Å²) < 4.78 is 22.6. The second kappa shape index (κ2) is 3.49. The molecule has 0 N–H and O–H groups in total. The molecular formula is C8H13NO3S. The zero-order chi connectivity index (χ0) is 10.1. The number of hydrogen-bond acceptors (Lipinski definition) is 3. The fraction of sp³-hybridized carbons (Fsp3) is 0.625. The molecule has 1 amide bonds. The van der Waals surface area contributed by atoms with E-state index in [2.05, 4.69) is 0 Å². The van der Waals surface area contributed by atoms with Crippen LogP contribution in [0.4, 0.5) is 0 Å². The number of nitrogens with zero attached hydrogens (tertiary/aromatic N) is 1. The van der Waals surface area contributed by atoms with E-state index in [9.17, 15) is 13.2 Å². The molecule has 74 valence electrons. The summed E-state index contributed by atoms with van der Waals surface area (Å²) in [5.41, 5.74) is 1.04. The highest BCUT2D eigenvalue weighted by molar-refractivity contribution is 7.88. The Kier molecular flexibility index (Phi) is 2.75. The van der Waals surface area contributed by atoms with Crippen LogP contribution in [0.25, 0.3) is 0 Å². The van der Waals surface area contributed by atoms with Crippen molar-refractivity contribution in [3.8, 4) is 0 Å². The Morgan fingerprint density at radius 1 is 1.46 bits per heavy atom. The molecule has 1 aliphatic rings. The van der Waals surface area contributed by atoms with Crippen LogP contribution < -0.4 is 0 Å². The molecule has 1 saturated carbocycles. The van der Waals surface area contributed by atoms with Gasteiger partial charge in [-0.05, 0) is 19.3 Å². The summed E-state index contributed by atoms with van der Waals surface area (Å²) in [6.45, 7) is 0. The Morgan fingerprint density at radius 2 is 2.00 bits per heavy atom. The Hall–Kier alpha value is -0.840. The van der Waals surface area contributed by atoms with Crippen molar-refractivity contribution in [2.45, 2.75) is 19.3 Å². The van der Waals surface area contributed by atoms with Gasteiger partial charge in [0, 0.05) is 13.1 Å². The van der Waals surface area contributed by atoms with Crippen molar-refractivity contribution in [2.24, 2.45) is 0 Å². The van der Waals surface area contributed by atoms with Crippen LogP contribution in [0.2, 0.25) is 0 Å². The van der Waals surface area contributed by atoms with Gasteiger partial charge in [0.1, 0.15) is 0 Å². The number of hydrogen-bond donors (Lipinski definition) is 0. The summed E-state index contributed by atoms with van der Waals surface area (Å²) in [5.74, 6) is -0.447. The first kappa shape index (κ1) is 10.2. The molecule has 0 aromatic heterocycles. The van der Waals surface area contributed by atoms with Crippen LogP contribution in [0.15, 0.2) is 11.6 Å². The fourth-order valence-electron chi connectivity index (χ4n) is 0.954. The molecule has 0 aromatic carbocycles. The molecule has 0 aliphatic heterocycles. The van der Waals surface area contributed by atoms with Crippen LogP contribution in [-0.4, -0.2) is 31.9 Å². The highest BCUT2D eigenvalue weighted by atomic mass is 32.2. The minimum absolute atomic E-state index is 0.447. The molecular weight excluding hydrogens is 190 g/mol. The predicted molar refractivity (Wildman–Crippen MR) is 49.5 cm³/mol. The normalized spacial score (nSPS) is 16.3. The third-order valence-corrected chi connectivity index (χ3v) is 3.31. The van der Waals surface area contributed by atoms with Crippen LogP contribution in [0.1, 0.15) is 19.3 Å². The number of likely N-dealkylation sites (N-methyl/N-ethyl adjacent to an activating group) is 1. The van der Waals surface area contributed by atoms with Gasteiger partial charge in [-0.3, -0.25) is 4.79 Å². The monoisotopic (exact) mass is 203 g/mol. The van der Waals surface area contributed by atoms with Crippen LogP contribution in [0.5, 0.6) is 0 Å². The molecule has 5 heteroatoms. The van der Waals surface area contributed by atoms with E-state index < -0.39 is 15.9 Å². The number of sulfonamides is 1. The number of carbonyl (C=O) groups excluding carboxylic acids is 1. The molecule has 0 heterocycles. The van der Waals surface area contributed by atoms with Crippen molar-refractivity contribution in [3.05, 3.63) is 11.6 Å². The second-order valence-corrected chi connectivity index (χ2v) is 5.24. The minimum Gasteiger partial charge on any atom is -0.269 e. The van der Waals surface area contributed by atoms with Crippen molar-refractivity contribution in [3.63, 3.8) is 0 Å². The molecule has 1 fully saturated rings. The van der Waals surface area contributed by atoms with Gasteiger partial charge in [-0.2, -0.15) is 0 Å². The van der Waals surface area contributed by atoms with Crippen molar-refractivity contribution in [1.82, 2.24) is 4.31 Å². The summed E-state index contributed by atoms with van der Waals surface area (Å²) in [4.78, 5) is 11.3. The molecule has 0 unspecified atom stereocenters. The van der Waals surface area contributed by atoms with E-state index in [1.54, 1.807) is 0 Å². The van der Waals surface area contributed by atoms with E-state index in [1.165, 1.54) is 13.1 Å². The zero-order valence-electron chi connectivity index (χ0n) is 7.78. The SMILES string of the molecule is CN(C(=O)C=C1CCC1)S(C)(=O)=O. The summed E-state index contributed by atoms with van der Waals surface area (Å²) in [6.07, 6.45) is 5.38. The number of allylic oxidation sites excluding steroid dienone is 1. The maximum absolute atomic E-state index is 11.3. The molecule has 1 aliphatic carbocycles. The van der Waals surface area contributed by atoms with Gasteiger partial charge in [0.25, 0.3) is 5.91 Å². The van der Waals surface area contributed by atoms with E-state index in [1.807, 2.05) is 0 Å². The summed E-state index contributed by atoms with van der Waals surface area (Å²) in [7, 11) is -2.12. The van der Waals surface area contributed by atoms with Gasteiger partial charge in [-0.1, -0.05) is 5.57 Å². The van der Waals surface area contributed by atoms with Crippen LogP contribution in [-0.2, 0) is 14.8 Å². The lowest BCUT2D eigenvalue weighted by molar-refractivity contribution is -0.120. The predicted octanol–water partition coefficient (Wildman–Crippen LogP) is 0.515. The Morgan fingerprint density at radius 3 is 2.31 bits per heavy atom. The highest BCUT2D eigenvalue weighted by Crippen LogP contribution is 2.25. The third kappa shape index (κ3) is 2.55. The smallest absolute Gasteiger partial charge is 0.259 e. The molecule has 4 nitrogen and oxygen atoms in total.